The minimum Gasteiger partial charge on any atom is -0.451 e. The molecule has 2 rings (SSSR count). The largest absolute Gasteiger partial charge is 0.451 e. The molecule has 2 aromatic carbocycles. The molecule has 0 saturated carbocycles. The van der Waals surface area contributed by atoms with Gasteiger partial charge in [0.2, 0.25) is 0 Å². The second-order valence-electron chi connectivity index (χ2n) is 6.95. The lowest BCUT2D eigenvalue weighted by atomic mass is 9.87. The standard InChI is InChI=1S/C20H24O3/c1-13(2)18(21)23-20(5,6)17-12-8-9-14-15(17)10-7-11-16(14)19(3,4)22/h7-12,22H,1H2,2-6H3. The Labute approximate surface area is 137 Å². The average Bonchev–Trinajstić information content (AvgIpc) is 2.44. The topological polar surface area (TPSA) is 46.5 Å². The van der Waals surface area contributed by atoms with Crippen LogP contribution in [0.3, 0.4) is 0 Å². The van der Waals surface area contributed by atoms with E-state index in [1.165, 1.54) is 0 Å². The van der Waals surface area contributed by atoms with Crippen molar-refractivity contribution in [1.29, 1.82) is 0 Å². The van der Waals surface area contributed by atoms with Crippen LogP contribution >= 0.6 is 0 Å². The first kappa shape index (κ1) is 17.2. The summed E-state index contributed by atoms with van der Waals surface area (Å²) in [6.45, 7) is 12.5. The summed E-state index contributed by atoms with van der Waals surface area (Å²) in [4.78, 5) is 11.9. The predicted octanol–water partition coefficient (Wildman–Crippen LogP) is 4.42. The lowest BCUT2D eigenvalue weighted by Gasteiger charge is -2.28. The highest BCUT2D eigenvalue weighted by molar-refractivity contribution is 5.91. The number of fused-ring (bicyclic) bond motifs is 1. The van der Waals surface area contributed by atoms with Gasteiger partial charge in [0.05, 0.1) is 5.60 Å². The molecule has 0 fully saturated rings. The minimum atomic E-state index is -0.948. The molecule has 0 aromatic heterocycles. The van der Waals surface area contributed by atoms with Gasteiger partial charge >= 0.3 is 5.97 Å². The third kappa shape index (κ3) is 3.45. The minimum absolute atomic E-state index is 0.371. The average molecular weight is 312 g/mol. The van der Waals surface area contributed by atoms with Gasteiger partial charge in [0.15, 0.2) is 0 Å². The van der Waals surface area contributed by atoms with Crippen LogP contribution in [0, 0.1) is 0 Å². The molecular formula is C20H24O3. The number of carbonyl (C=O) groups is 1. The Hall–Kier alpha value is -2.13. The Bertz CT molecular complexity index is 764. The Balaban J connectivity index is 2.63. The number of carbonyl (C=O) groups excluding carboxylic acids is 1. The lowest BCUT2D eigenvalue weighted by molar-refractivity contribution is -0.152. The molecule has 0 bridgehead atoms. The van der Waals surface area contributed by atoms with Gasteiger partial charge < -0.3 is 9.84 Å². The van der Waals surface area contributed by atoms with Gasteiger partial charge in [-0.15, -0.1) is 0 Å². The molecule has 0 spiro atoms. The van der Waals surface area contributed by atoms with E-state index in [1.54, 1.807) is 20.8 Å². The fourth-order valence-corrected chi connectivity index (χ4v) is 2.74. The number of hydrogen-bond acceptors (Lipinski definition) is 3. The van der Waals surface area contributed by atoms with Crippen LogP contribution in [-0.4, -0.2) is 11.1 Å². The van der Waals surface area contributed by atoms with Crippen LogP contribution < -0.4 is 0 Å². The maximum atomic E-state index is 11.9. The van der Waals surface area contributed by atoms with Crippen LogP contribution in [-0.2, 0) is 20.7 Å². The first-order valence-electron chi connectivity index (χ1n) is 7.68. The van der Waals surface area contributed by atoms with Gasteiger partial charge in [-0.1, -0.05) is 43.0 Å². The summed E-state index contributed by atoms with van der Waals surface area (Å²) < 4.78 is 5.62. The zero-order valence-electron chi connectivity index (χ0n) is 14.4. The molecule has 0 aliphatic rings. The molecule has 0 aliphatic carbocycles. The second kappa shape index (κ2) is 5.82. The van der Waals surface area contributed by atoms with Crippen LogP contribution in [0.2, 0.25) is 0 Å². The van der Waals surface area contributed by atoms with Gasteiger partial charge in [0, 0.05) is 11.1 Å². The molecular weight excluding hydrogens is 288 g/mol. The molecule has 0 unspecified atom stereocenters. The third-order valence-electron chi connectivity index (χ3n) is 3.93. The molecule has 0 atom stereocenters. The van der Waals surface area contributed by atoms with Crippen LogP contribution in [0.1, 0.15) is 45.7 Å². The van der Waals surface area contributed by atoms with E-state index in [4.69, 9.17) is 4.74 Å². The fraction of sp³-hybridized carbons (Fsp3) is 0.350. The predicted molar refractivity (Wildman–Crippen MR) is 93.1 cm³/mol. The molecule has 1 N–H and O–H groups in total. The Morgan fingerprint density at radius 3 is 1.96 bits per heavy atom. The van der Waals surface area contributed by atoms with Crippen molar-refractivity contribution in [3.05, 3.63) is 59.7 Å². The van der Waals surface area contributed by atoms with Gasteiger partial charge in [0.1, 0.15) is 5.60 Å². The number of rotatable bonds is 4. The van der Waals surface area contributed by atoms with Gasteiger partial charge in [0.25, 0.3) is 0 Å². The quantitative estimate of drug-likeness (QED) is 0.671. The fourth-order valence-electron chi connectivity index (χ4n) is 2.74. The van der Waals surface area contributed by atoms with E-state index < -0.39 is 17.2 Å². The molecule has 23 heavy (non-hydrogen) atoms. The zero-order valence-corrected chi connectivity index (χ0v) is 14.4. The van der Waals surface area contributed by atoms with Crippen molar-refractivity contribution in [2.75, 3.05) is 0 Å². The van der Waals surface area contributed by atoms with Crippen LogP contribution in [0.15, 0.2) is 48.6 Å². The van der Waals surface area contributed by atoms with Crippen molar-refractivity contribution in [1.82, 2.24) is 0 Å². The molecule has 3 heteroatoms. The van der Waals surface area contributed by atoms with E-state index in [0.29, 0.717) is 5.57 Å². The maximum absolute atomic E-state index is 11.9. The summed E-state index contributed by atoms with van der Waals surface area (Å²) in [6.07, 6.45) is 0. The van der Waals surface area contributed by atoms with Gasteiger partial charge in [-0.3, -0.25) is 0 Å². The Morgan fingerprint density at radius 2 is 1.48 bits per heavy atom. The smallest absolute Gasteiger partial charge is 0.333 e. The van der Waals surface area contributed by atoms with Crippen molar-refractivity contribution >= 4 is 16.7 Å². The summed E-state index contributed by atoms with van der Waals surface area (Å²) in [5, 5.41) is 12.3. The van der Waals surface area contributed by atoms with Crippen molar-refractivity contribution in [2.24, 2.45) is 0 Å². The maximum Gasteiger partial charge on any atom is 0.333 e. The highest BCUT2D eigenvalue weighted by atomic mass is 16.6. The van der Waals surface area contributed by atoms with Gasteiger partial charge in [-0.25, -0.2) is 4.79 Å². The number of ether oxygens (including phenoxy) is 1. The summed E-state index contributed by atoms with van der Waals surface area (Å²) >= 11 is 0. The Kier molecular flexibility index (Phi) is 4.36. The van der Waals surface area contributed by atoms with Crippen LogP contribution in [0.5, 0.6) is 0 Å². The SMILES string of the molecule is C=C(C)C(=O)OC(C)(C)c1cccc2c(C(C)(C)O)cccc12. The third-order valence-corrected chi connectivity index (χ3v) is 3.93. The molecule has 0 heterocycles. The second-order valence-corrected chi connectivity index (χ2v) is 6.95. The van der Waals surface area contributed by atoms with Crippen molar-refractivity contribution in [3.8, 4) is 0 Å². The lowest BCUT2D eigenvalue weighted by Crippen LogP contribution is -2.26. The first-order valence-corrected chi connectivity index (χ1v) is 7.68. The first-order chi connectivity index (χ1) is 10.5. The van der Waals surface area contributed by atoms with E-state index in [-0.39, 0.29) is 0 Å². The summed E-state index contributed by atoms with van der Waals surface area (Å²) in [6, 6.07) is 11.7. The van der Waals surface area contributed by atoms with E-state index >= 15 is 0 Å². The number of hydrogen-bond donors (Lipinski definition) is 1. The summed E-state index contributed by atoms with van der Waals surface area (Å²) in [7, 11) is 0. The molecule has 0 saturated heterocycles. The highest BCUT2D eigenvalue weighted by Gasteiger charge is 2.28. The van der Waals surface area contributed by atoms with Crippen LogP contribution in [0.4, 0.5) is 0 Å². The van der Waals surface area contributed by atoms with E-state index in [0.717, 1.165) is 21.9 Å². The number of aliphatic hydroxyl groups is 1. The van der Waals surface area contributed by atoms with Gasteiger partial charge in [-0.2, -0.15) is 0 Å². The normalized spacial score (nSPS) is 12.3. The highest BCUT2D eigenvalue weighted by Crippen LogP contribution is 2.35. The molecule has 122 valence electrons. The summed E-state index contributed by atoms with van der Waals surface area (Å²) in [5.74, 6) is -0.411. The molecule has 3 nitrogen and oxygen atoms in total. The van der Waals surface area contributed by atoms with Crippen molar-refractivity contribution in [2.45, 2.75) is 45.8 Å². The monoisotopic (exact) mass is 312 g/mol. The van der Waals surface area contributed by atoms with Crippen molar-refractivity contribution < 1.29 is 14.6 Å². The van der Waals surface area contributed by atoms with Crippen molar-refractivity contribution in [3.63, 3.8) is 0 Å². The van der Waals surface area contributed by atoms with E-state index in [9.17, 15) is 9.90 Å². The number of benzene rings is 2. The van der Waals surface area contributed by atoms with E-state index in [2.05, 4.69) is 6.58 Å². The van der Waals surface area contributed by atoms with Crippen LogP contribution in [0.25, 0.3) is 10.8 Å². The molecule has 0 amide bonds. The summed E-state index contributed by atoms with van der Waals surface area (Å²) in [5.41, 5.74) is 0.370. The molecule has 2 aromatic rings. The molecule has 0 radical (unpaired) electrons. The zero-order chi connectivity index (χ0) is 17.4. The Morgan fingerprint density at radius 1 is 1.00 bits per heavy atom. The molecule has 0 aliphatic heterocycles. The van der Waals surface area contributed by atoms with E-state index in [1.807, 2.05) is 50.2 Å². The van der Waals surface area contributed by atoms with Gasteiger partial charge in [-0.05, 0) is 51.0 Å². The number of esters is 1.